The van der Waals surface area contributed by atoms with Gasteiger partial charge in [0.25, 0.3) is 11.8 Å². The van der Waals surface area contributed by atoms with E-state index in [9.17, 15) is 22.8 Å². The molecular weight excluding hydrogens is 429 g/mol. The first kappa shape index (κ1) is 23.2. The number of carbonyl (C=O) groups is 2. The predicted molar refractivity (Wildman–Crippen MR) is 113 cm³/mol. The Bertz CT molecular complexity index is 916. The normalized spacial score (nSPS) is 17.4. The zero-order valence-electron chi connectivity index (χ0n) is 17.2. The summed E-state index contributed by atoms with van der Waals surface area (Å²) in [5.41, 5.74) is -0.878. The van der Waals surface area contributed by atoms with Crippen LogP contribution in [0.25, 0.3) is 0 Å². The fraction of sp³-hybridized carbons (Fsp3) is 0.476. The molecule has 1 fully saturated rings. The average Bonchev–Trinajstić information content (AvgIpc) is 3.20. The quantitative estimate of drug-likeness (QED) is 0.608. The molecule has 1 aliphatic heterocycles. The fourth-order valence-corrected chi connectivity index (χ4v) is 4.19. The molecule has 0 aliphatic carbocycles. The van der Waals surface area contributed by atoms with Crippen molar-refractivity contribution >= 4 is 28.3 Å². The number of likely N-dealkylation sites (tertiary alicyclic amines) is 1. The molecule has 1 aromatic heterocycles. The lowest BCUT2D eigenvalue weighted by molar-refractivity contribution is -0.137. The number of amides is 2. The van der Waals surface area contributed by atoms with Crippen LogP contribution in [0.15, 0.2) is 29.6 Å². The number of piperidine rings is 1. The maximum atomic E-state index is 12.8. The van der Waals surface area contributed by atoms with Gasteiger partial charge in [-0.3, -0.25) is 14.9 Å². The van der Waals surface area contributed by atoms with Gasteiger partial charge in [0, 0.05) is 30.1 Å². The van der Waals surface area contributed by atoms with Gasteiger partial charge in [-0.15, -0.1) is 11.3 Å². The summed E-state index contributed by atoms with van der Waals surface area (Å²) in [6.07, 6.45) is -0.0102. The fourth-order valence-electron chi connectivity index (χ4n) is 3.51. The van der Waals surface area contributed by atoms with E-state index in [4.69, 9.17) is 0 Å². The topological polar surface area (TPSA) is 74.3 Å². The summed E-state index contributed by atoms with van der Waals surface area (Å²) >= 11 is 1.04. The molecule has 1 aromatic carbocycles. The molecule has 3 rings (SSSR count). The highest BCUT2D eigenvalue weighted by Crippen LogP contribution is 2.29. The second-order valence-electron chi connectivity index (χ2n) is 7.56. The van der Waals surface area contributed by atoms with Crippen molar-refractivity contribution in [3.05, 3.63) is 46.5 Å². The number of halogens is 3. The van der Waals surface area contributed by atoms with Gasteiger partial charge in [0.2, 0.25) is 0 Å². The maximum Gasteiger partial charge on any atom is 0.416 e. The number of nitrogens with zero attached hydrogens (tertiary/aromatic N) is 2. The van der Waals surface area contributed by atoms with E-state index in [1.807, 2.05) is 0 Å². The van der Waals surface area contributed by atoms with Gasteiger partial charge in [-0.25, -0.2) is 4.98 Å². The maximum absolute atomic E-state index is 12.8. The van der Waals surface area contributed by atoms with Gasteiger partial charge in [-0.1, -0.05) is 12.5 Å². The number of alkyl halides is 3. The van der Waals surface area contributed by atoms with Crippen LogP contribution in [0.1, 0.15) is 59.0 Å². The van der Waals surface area contributed by atoms with Crippen molar-refractivity contribution in [1.29, 1.82) is 0 Å². The number of hydrogen-bond donors (Lipinski definition) is 2. The van der Waals surface area contributed by atoms with Crippen molar-refractivity contribution in [3.8, 4) is 0 Å². The molecule has 0 bridgehead atoms. The van der Waals surface area contributed by atoms with Crippen LogP contribution in [0.5, 0.6) is 0 Å². The summed E-state index contributed by atoms with van der Waals surface area (Å²) < 4.78 is 38.4. The molecule has 6 nitrogen and oxygen atoms in total. The minimum absolute atomic E-state index is 0.136. The average molecular weight is 455 g/mol. The van der Waals surface area contributed by atoms with Crippen LogP contribution in [-0.2, 0) is 6.18 Å². The van der Waals surface area contributed by atoms with E-state index < -0.39 is 17.6 Å². The molecule has 2 aromatic rings. The Labute approximate surface area is 182 Å². The van der Waals surface area contributed by atoms with E-state index in [2.05, 4.69) is 27.4 Å². The van der Waals surface area contributed by atoms with Crippen LogP contribution in [-0.4, -0.2) is 47.4 Å². The monoisotopic (exact) mass is 454 g/mol. The SMILES string of the molecule is CC1CCCCN1CCCNC(=O)c1csc(NC(=O)c2cccc(C(F)(F)F)c2)n1. The molecule has 2 heterocycles. The highest BCUT2D eigenvalue weighted by molar-refractivity contribution is 7.14. The van der Waals surface area contributed by atoms with Crippen LogP contribution >= 0.6 is 11.3 Å². The van der Waals surface area contributed by atoms with Crippen molar-refractivity contribution in [1.82, 2.24) is 15.2 Å². The molecule has 1 saturated heterocycles. The van der Waals surface area contributed by atoms with Gasteiger partial charge < -0.3 is 10.2 Å². The van der Waals surface area contributed by atoms with Crippen LogP contribution in [0.2, 0.25) is 0 Å². The van der Waals surface area contributed by atoms with Gasteiger partial charge in [-0.05, 0) is 50.9 Å². The van der Waals surface area contributed by atoms with Gasteiger partial charge >= 0.3 is 6.18 Å². The van der Waals surface area contributed by atoms with E-state index >= 15 is 0 Å². The number of anilines is 1. The second kappa shape index (κ2) is 10.2. The van der Waals surface area contributed by atoms with Crippen molar-refractivity contribution in [2.24, 2.45) is 0 Å². The molecule has 1 unspecified atom stereocenters. The summed E-state index contributed by atoms with van der Waals surface area (Å²) in [7, 11) is 0. The molecular formula is C21H25F3N4O2S. The molecule has 1 aliphatic rings. The van der Waals surface area contributed by atoms with Crippen molar-refractivity contribution < 1.29 is 22.8 Å². The number of benzene rings is 1. The van der Waals surface area contributed by atoms with E-state index in [0.717, 1.165) is 43.0 Å². The largest absolute Gasteiger partial charge is 0.416 e. The summed E-state index contributed by atoms with van der Waals surface area (Å²) in [4.78, 5) is 31.0. The first-order valence-electron chi connectivity index (χ1n) is 10.2. The lowest BCUT2D eigenvalue weighted by Gasteiger charge is -2.33. The highest BCUT2D eigenvalue weighted by Gasteiger charge is 2.31. The number of nitrogens with one attached hydrogen (secondary N) is 2. The summed E-state index contributed by atoms with van der Waals surface area (Å²) in [5.74, 6) is -1.06. The van der Waals surface area contributed by atoms with Gasteiger partial charge in [0.15, 0.2) is 5.13 Å². The first-order valence-corrected chi connectivity index (χ1v) is 11.1. The molecule has 1 atom stereocenters. The Morgan fingerprint density at radius 2 is 2.06 bits per heavy atom. The molecule has 168 valence electrons. The zero-order chi connectivity index (χ0) is 22.4. The van der Waals surface area contributed by atoms with Gasteiger partial charge in [0.1, 0.15) is 5.69 Å². The van der Waals surface area contributed by atoms with Gasteiger partial charge in [0.05, 0.1) is 5.56 Å². The molecule has 2 N–H and O–H groups in total. The third-order valence-electron chi connectivity index (χ3n) is 5.26. The van der Waals surface area contributed by atoms with Crippen molar-refractivity contribution in [2.45, 2.75) is 44.8 Å². The third kappa shape index (κ3) is 6.51. The molecule has 0 saturated carbocycles. The van der Waals surface area contributed by atoms with Crippen molar-refractivity contribution in [2.75, 3.05) is 25.0 Å². The molecule has 0 spiro atoms. The third-order valence-corrected chi connectivity index (χ3v) is 6.02. The Balaban J connectivity index is 1.48. The minimum atomic E-state index is -4.53. The molecule has 31 heavy (non-hydrogen) atoms. The minimum Gasteiger partial charge on any atom is -0.351 e. The first-order chi connectivity index (χ1) is 14.7. The Morgan fingerprint density at radius 1 is 1.26 bits per heavy atom. The molecule has 10 heteroatoms. The van der Waals surface area contributed by atoms with E-state index in [0.29, 0.717) is 12.6 Å². The summed E-state index contributed by atoms with van der Waals surface area (Å²) in [6.45, 7) is 4.76. The van der Waals surface area contributed by atoms with Crippen LogP contribution in [0, 0.1) is 0 Å². The number of aromatic nitrogens is 1. The Morgan fingerprint density at radius 3 is 2.81 bits per heavy atom. The number of rotatable bonds is 7. The van der Waals surface area contributed by atoms with Gasteiger partial charge in [-0.2, -0.15) is 13.2 Å². The number of thiazole rings is 1. The number of carbonyl (C=O) groups excluding carboxylic acids is 2. The van der Waals surface area contributed by atoms with Crippen molar-refractivity contribution in [3.63, 3.8) is 0 Å². The summed E-state index contributed by atoms with van der Waals surface area (Å²) in [5, 5.41) is 6.91. The van der Waals surface area contributed by atoms with Crippen LogP contribution < -0.4 is 10.6 Å². The molecule has 2 amide bonds. The zero-order valence-corrected chi connectivity index (χ0v) is 18.0. The molecule has 0 radical (unpaired) electrons. The summed E-state index contributed by atoms with van der Waals surface area (Å²) in [6, 6.07) is 4.71. The predicted octanol–water partition coefficient (Wildman–Crippen LogP) is 4.41. The lowest BCUT2D eigenvalue weighted by atomic mass is 10.0. The van der Waals surface area contributed by atoms with E-state index in [1.54, 1.807) is 0 Å². The van der Waals surface area contributed by atoms with Crippen LogP contribution in [0.4, 0.5) is 18.3 Å². The highest BCUT2D eigenvalue weighted by atomic mass is 32.1. The van der Waals surface area contributed by atoms with E-state index in [-0.39, 0.29) is 22.3 Å². The van der Waals surface area contributed by atoms with Crippen LogP contribution in [0.3, 0.4) is 0 Å². The van der Waals surface area contributed by atoms with E-state index in [1.165, 1.54) is 36.8 Å². The smallest absolute Gasteiger partial charge is 0.351 e. The standard InChI is InChI=1S/C21H25F3N4O2S/c1-14-6-2-3-10-28(14)11-5-9-25-19(30)17-13-31-20(26-17)27-18(29)15-7-4-8-16(12-15)21(22,23)24/h4,7-8,12-14H,2-3,5-6,9-11H2,1H3,(H,25,30)(H,26,27,29). The Kier molecular flexibility index (Phi) is 7.66. The Hall–Kier alpha value is -2.46. The lowest BCUT2D eigenvalue weighted by Crippen LogP contribution is -2.39. The number of hydrogen-bond acceptors (Lipinski definition) is 5. The second-order valence-corrected chi connectivity index (χ2v) is 8.42.